The van der Waals surface area contributed by atoms with Crippen LogP contribution in [0.25, 0.3) is 22.3 Å². The van der Waals surface area contributed by atoms with Crippen molar-refractivity contribution in [3.8, 4) is 33.8 Å². The predicted molar refractivity (Wildman–Crippen MR) is 103 cm³/mol. The minimum Gasteiger partial charge on any atom is -0.496 e. The lowest BCUT2D eigenvalue weighted by Gasteiger charge is -2.16. The van der Waals surface area contributed by atoms with Crippen molar-refractivity contribution in [2.45, 2.75) is 13.5 Å². The van der Waals surface area contributed by atoms with Crippen LogP contribution in [0.15, 0.2) is 48.5 Å². The second kappa shape index (κ2) is 7.76. The lowest BCUT2D eigenvalue weighted by atomic mass is 9.91. The first-order valence-electron chi connectivity index (χ1n) is 8.51. The molecule has 3 aromatic rings. The van der Waals surface area contributed by atoms with Gasteiger partial charge in [-0.3, -0.25) is 0 Å². The van der Waals surface area contributed by atoms with Gasteiger partial charge in [-0.25, -0.2) is 8.78 Å². The number of nitrogens with two attached hydrogens (primary N) is 1. The van der Waals surface area contributed by atoms with E-state index in [4.69, 9.17) is 15.2 Å². The molecule has 3 nitrogen and oxygen atoms in total. The molecule has 27 heavy (non-hydrogen) atoms. The van der Waals surface area contributed by atoms with Gasteiger partial charge in [-0.05, 0) is 47.4 Å². The first-order valence-corrected chi connectivity index (χ1v) is 8.51. The Morgan fingerprint density at radius 2 is 1.48 bits per heavy atom. The van der Waals surface area contributed by atoms with E-state index in [2.05, 4.69) is 0 Å². The highest BCUT2D eigenvalue weighted by atomic mass is 19.1. The van der Waals surface area contributed by atoms with Crippen molar-refractivity contribution >= 4 is 0 Å². The highest BCUT2D eigenvalue weighted by Gasteiger charge is 2.17. The van der Waals surface area contributed by atoms with E-state index in [9.17, 15) is 8.78 Å². The molecule has 0 saturated carbocycles. The molecule has 0 fully saturated rings. The Morgan fingerprint density at radius 3 is 2.15 bits per heavy atom. The minimum absolute atomic E-state index is 0.0450. The van der Waals surface area contributed by atoms with Gasteiger partial charge >= 0.3 is 0 Å². The average Bonchev–Trinajstić information content (AvgIpc) is 2.68. The molecule has 0 saturated heterocycles. The SMILES string of the molecule is COc1cccc(-c2cccc(-c3cc(F)c(CN)c(OC)c3)c2C)c1F. The quantitative estimate of drug-likeness (QED) is 0.682. The Balaban J connectivity index is 2.19. The van der Waals surface area contributed by atoms with Gasteiger partial charge in [-0.2, -0.15) is 0 Å². The molecule has 3 aromatic carbocycles. The van der Waals surface area contributed by atoms with Crippen molar-refractivity contribution in [2.75, 3.05) is 14.2 Å². The summed E-state index contributed by atoms with van der Waals surface area (Å²) in [6.07, 6.45) is 0. The Morgan fingerprint density at radius 1 is 0.852 bits per heavy atom. The number of rotatable bonds is 5. The van der Waals surface area contributed by atoms with E-state index in [-0.39, 0.29) is 12.3 Å². The molecule has 0 heterocycles. The molecule has 5 heteroatoms. The number of halogens is 2. The third-order valence-electron chi connectivity index (χ3n) is 4.70. The van der Waals surface area contributed by atoms with Gasteiger partial charge in [0.1, 0.15) is 11.6 Å². The first-order chi connectivity index (χ1) is 13.0. The van der Waals surface area contributed by atoms with Crippen molar-refractivity contribution in [3.05, 3.63) is 71.3 Å². The molecule has 0 radical (unpaired) electrons. The topological polar surface area (TPSA) is 44.5 Å². The third kappa shape index (κ3) is 3.38. The molecule has 3 rings (SSSR count). The molecule has 0 spiro atoms. The van der Waals surface area contributed by atoms with Gasteiger partial charge in [0.05, 0.1) is 14.2 Å². The van der Waals surface area contributed by atoms with Gasteiger partial charge in [-0.1, -0.05) is 30.3 Å². The van der Waals surface area contributed by atoms with Gasteiger partial charge in [0.2, 0.25) is 0 Å². The summed E-state index contributed by atoms with van der Waals surface area (Å²) >= 11 is 0. The van der Waals surface area contributed by atoms with Gasteiger partial charge in [0.25, 0.3) is 0 Å². The molecule has 0 unspecified atom stereocenters. The van der Waals surface area contributed by atoms with E-state index in [1.54, 1.807) is 24.3 Å². The second-order valence-electron chi connectivity index (χ2n) is 6.14. The Hall–Kier alpha value is -2.92. The lowest BCUT2D eigenvalue weighted by molar-refractivity contribution is 0.387. The van der Waals surface area contributed by atoms with Crippen LogP contribution in [0.4, 0.5) is 8.78 Å². The zero-order chi connectivity index (χ0) is 19.6. The van der Waals surface area contributed by atoms with Crippen LogP contribution in [-0.2, 0) is 6.54 Å². The Bertz CT molecular complexity index is 986. The van der Waals surface area contributed by atoms with Crippen LogP contribution in [-0.4, -0.2) is 14.2 Å². The highest BCUT2D eigenvalue weighted by Crippen LogP contribution is 2.37. The van der Waals surface area contributed by atoms with Crippen LogP contribution in [0.1, 0.15) is 11.1 Å². The van der Waals surface area contributed by atoms with Gasteiger partial charge in [0, 0.05) is 17.7 Å². The second-order valence-corrected chi connectivity index (χ2v) is 6.14. The standard InChI is InChI=1S/C22H21F2NO2/c1-13-15(14-10-19(23)18(12-25)21(11-14)27-3)6-4-7-16(13)17-8-5-9-20(26-2)22(17)24/h4-11H,12,25H2,1-3H3. The van der Waals surface area contributed by atoms with Crippen molar-refractivity contribution < 1.29 is 18.3 Å². The number of benzene rings is 3. The number of methoxy groups -OCH3 is 2. The van der Waals surface area contributed by atoms with E-state index >= 15 is 0 Å². The fraction of sp³-hybridized carbons (Fsp3) is 0.182. The predicted octanol–water partition coefficient (Wildman–Crippen LogP) is 5.08. The summed E-state index contributed by atoms with van der Waals surface area (Å²) in [5.41, 5.74) is 9.34. The molecule has 0 atom stereocenters. The minimum atomic E-state index is -0.428. The van der Waals surface area contributed by atoms with Crippen LogP contribution in [0.5, 0.6) is 11.5 Å². The summed E-state index contributed by atoms with van der Waals surface area (Å²) in [4.78, 5) is 0. The summed E-state index contributed by atoms with van der Waals surface area (Å²) < 4.78 is 39.6. The van der Waals surface area contributed by atoms with E-state index in [0.717, 1.165) is 11.1 Å². The van der Waals surface area contributed by atoms with Gasteiger partial charge in [0.15, 0.2) is 11.6 Å². The Kier molecular flexibility index (Phi) is 5.42. The molecule has 0 aromatic heterocycles. The molecular formula is C22H21F2NO2. The molecule has 0 bridgehead atoms. The maximum Gasteiger partial charge on any atom is 0.172 e. The van der Waals surface area contributed by atoms with E-state index < -0.39 is 11.6 Å². The molecule has 0 aliphatic heterocycles. The average molecular weight is 369 g/mol. The number of hydrogen-bond acceptors (Lipinski definition) is 3. The monoisotopic (exact) mass is 369 g/mol. The zero-order valence-corrected chi connectivity index (χ0v) is 15.5. The van der Waals surface area contributed by atoms with Gasteiger partial charge in [-0.15, -0.1) is 0 Å². The Labute approximate surface area is 157 Å². The van der Waals surface area contributed by atoms with E-state index in [1.807, 2.05) is 25.1 Å². The summed E-state index contributed by atoms with van der Waals surface area (Å²) in [6, 6.07) is 13.7. The van der Waals surface area contributed by atoms with Crippen molar-refractivity contribution in [3.63, 3.8) is 0 Å². The summed E-state index contributed by atoms with van der Waals surface area (Å²) in [5, 5.41) is 0. The maximum atomic E-state index is 14.7. The lowest BCUT2D eigenvalue weighted by Crippen LogP contribution is -2.04. The molecule has 2 N–H and O–H groups in total. The largest absolute Gasteiger partial charge is 0.496 e. The van der Waals surface area contributed by atoms with E-state index in [1.165, 1.54) is 20.3 Å². The van der Waals surface area contributed by atoms with Gasteiger partial charge < -0.3 is 15.2 Å². The third-order valence-corrected chi connectivity index (χ3v) is 4.70. The van der Waals surface area contributed by atoms with Crippen LogP contribution in [0, 0.1) is 18.6 Å². The summed E-state index contributed by atoms with van der Waals surface area (Å²) in [6.45, 7) is 1.92. The maximum absolute atomic E-state index is 14.7. The van der Waals surface area contributed by atoms with Crippen LogP contribution >= 0.6 is 0 Å². The van der Waals surface area contributed by atoms with Crippen molar-refractivity contribution in [1.82, 2.24) is 0 Å². The van der Waals surface area contributed by atoms with Crippen molar-refractivity contribution in [2.24, 2.45) is 5.73 Å². The number of hydrogen-bond donors (Lipinski definition) is 1. The summed E-state index contributed by atoms with van der Waals surface area (Å²) in [5.74, 6) is -0.283. The molecule has 0 amide bonds. The fourth-order valence-electron chi connectivity index (χ4n) is 3.26. The molecule has 0 aliphatic carbocycles. The normalized spacial score (nSPS) is 10.7. The zero-order valence-electron chi connectivity index (χ0n) is 15.5. The van der Waals surface area contributed by atoms with Crippen LogP contribution in [0.2, 0.25) is 0 Å². The van der Waals surface area contributed by atoms with Crippen LogP contribution in [0.3, 0.4) is 0 Å². The first kappa shape index (κ1) is 18.9. The van der Waals surface area contributed by atoms with Crippen molar-refractivity contribution in [1.29, 1.82) is 0 Å². The number of ether oxygens (including phenoxy) is 2. The molecule has 140 valence electrons. The smallest absolute Gasteiger partial charge is 0.172 e. The highest BCUT2D eigenvalue weighted by molar-refractivity contribution is 5.79. The fourth-order valence-corrected chi connectivity index (χ4v) is 3.26. The summed E-state index contributed by atoms with van der Waals surface area (Å²) in [7, 11) is 2.91. The van der Waals surface area contributed by atoms with E-state index in [0.29, 0.717) is 28.0 Å². The van der Waals surface area contributed by atoms with Crippen LogP contribution < -0.4 is 15.2 Å². The molecule has 0 aliphatic rings. The molecular weight excluding hydrogens is 348 g/mol.